The first-order valence-corrected chi connectivity index (χ1v) is 39.3. The second kappa shape index (κ2) is 62.6. The van der Waals surface area contributed by atoms with Crippen molar-refractivity contribution >= 4 is 39.5 Å². The number of carbonyl (C=O) groups excluding carboxylic acids is 4. The zero-order valence-electron chi connectivity index (χ0n) is 57.9. The summed E-state index contributed by atoms with van der Waals surface area (Å²) in [4.78, 5) is 72.4. The molecule has 3 N–H and O–H groups in total. The molecule has 17 nitrogen and oxygen atoms in total. The van der Waals surface area contributed by atoms with Gasteiger partial charge in [0.1, 0.15) is 19.3 Å². The molecule has 0 bridgehead atoms. The molecule has 0 aromatic rings. The Kier molecular flexibility index (Phi) is 60.9. The quantitative estimate of drug-likeness (QED) is 0.0169. The van der Waals surface area contributed by atoms with E-state index in [1.165, 1.54) is 128 Å². The van der Waals surface area contributed by atoms with Gasteiger partial charge in [0, 0.05) is 25.7 Å². The Morgan fingerprint density at radius 2 is 0.656 bits per heavy atom. The molecule has 0 aliphatic carbocycles. The van der Waals surface area contributed by atoms with Crippen LogP contribution in [0.1, 0.15) is 337 Å². The molecule has 0 aromatic heterocycles. The molecule has 3 unspecified atom stereocenters. The zero-order valence-corrected chi connectivity index (χ0v) is 59.7. The molecule has 6 atom stereocenters. The van der Waals surface area contributed by atoms with Crippen molar-refractivity contribution in [3.8, 4) is 0 Å². The number of unbranched alkanes of at least 4 members (excludes halogenated alkanes) is 34. The number of carbonyl (C=O) groups is 4. The van der Waals surface area contributed by atoms with Crippen LogP contribution in [0, 0.1) is 11.8 Å². The lowest BCUT2D eigenvalue weighted by Gasteiger charge is -2.21. The molecular formula is C71H134O17P2. The van der Waals surface area contributed by atoms with Crippen LogP contribution < -0.4 is 0 Å². The van der Waals surface area contributed by atoms with Crippen molar-refractivity contribution in [2.45, 2.75) is 355 Å². The summed E-state index contributed by atoms with van der Waals surface area (Å²) in [6, 6.07) is 0. The first kappa shape index (κ1) is 87.5. The number of allylic oxidation sites excluding steroid dienone is 4. The standard InChI is InChI=1S/C71H134O17P2/c1-7-10-12-14-16-18-19-20-21-25-28-31-35-42-48-54-69(74)82-59-66(87-70(75)55-49-43-36-32-29-26-23-22-24-27-30-33-40-46-52-64(6)9-3)61-85-89(77,78)83-57-65(72)58-84-90(79,80)86-62-67(60-81-68(73)53-47-41-34-17-15-13-11-8-2)88-71(76)56-50-44-38-37-39-45-51-63(4)5/h18-21,63-67,72H,7-17,22-62H2,1-6H3,(H,77,78)(H,79,80)/b19-18-,21-20-/t64?,65-,66-,67-/m1/s1. The second-order valence-electron chi connectivity index (χ2n) is 25.7. The van der Waals surface area contributed by atoms with E-state index in [0.717, 1.165) is 121 Å². The third-order valence-electron chi connectivity index (χ3n) is 16.2. The molecule has 90 heavy (non-hydrogen) atoms. The van der Waals surface area contributed by atoms with E-state index >= 15 is 0 Å². The summed E-state index contributed by atoms with van der Waals surface area (Å²) >= 11 is 0. The van der Waals surface area contributed by atoms with E-state index in [1.54, 1.807) is 0 Å². The van der Waals surface area contributed by atoms with Crippen LogP contribution in [0.5, 0.6) is 0 Å². The van der Waals surface area contributed by atoms with Gasteiger partial charge < -0.3 is 33.8 Å². The molecular weight excluding hydrogens is 1190 g/mol. The Morgan fingerprint density at radius 3 is 1.00 bits per heavy atom. The van der Waals surface area contributed by atoms with E-state index in [-0.39, 0.29) is 25.7 Å². The Bertz CT molecular complexity index is 1850. The number of esters is 4. The van der Waals surface area contributed by atoms with E-state index in [4.69, 9.17) is 37.0 Å². The first-order chi connectivity index (χ1) is 43.4. The van der Waals surface area contributed by atoms with E-state index in [0.29, 0.717) is 31.6 Å². The summed E-state index contributed by atoms with van der Waals surface area (Å²) in [6.07, 6.45) is 51.0. The van der Waals surface area contributed by atoms with Gasteiger partial charge in [-0.25, -0.2) is 9.13 Å². The molecule has 0 heterocycles. The van der Waals surface area contributed by atoms with Gasteiger partial charge >= 0.3 is 39.5 Å². The van der Waals surface area contributed by atoms with Crippen molar-refractivity contribution in [3.63, 3.8) is 0 Å². The van der Waals surface area contributed by atoms with Crippen molar-refractivity contribution in [3.05, 3.63) is 24.3 Å². The van der Waals surface area contributed by atoms with Crippen LogP contribution in [-0.2, 0) is 65.4 Å². The van der Waals surface area contributed by atoms with Crippen LogP contribution in [0.15, 0.2) is 24.3 Å². The van der Waals surface area contributed by atoms with Crippen LogP contribution >= 0.6 is 15.6 Å². The van der Waals surface area contributed by atoms with Gasteiger partial charge in [0.25, 0.3) is 0 Å². The highest BCUT2D eigenvalue weighted by Crippen LogP contribution is 2.45. The maximum atomic E-state index is 13.0. The van der Waals surface area contributed by atoms with Gasteiger partial charge in [-0.1, -0.05) is 284 Å². The summed E-state index contributed by atoms with van der Waals surface area (Å²) in [5, 5.41) is 10.6. The molecule has 0 amide bonds. The van der Waals surface area contributed by atoms with Gasteiger partial charge in [0.05, 0.1) is 26.4 Å². The molecule has 19 heteroatoms. The minimum atomic E-state index is -4.96. The monoisotopic (exact) mass is 1320 g/mol. The third kappa shape index (κ3) is 63.0. The fourth-order valence-electron chi connectivity index (χ4n) is 10.2. The van der Waals surface area contributed by atoms with Gasteiger partial charge in [0.15, 0.2) is 12.2 Å². The van der Waals surface area contributed by atoms with E-state index in [1.807, 2.05) is 0 Å². The van der Waals surface area contributed by atoms with Gasteiger partial charge in [0.2, 0.25) is 0 Å². The Balaban J connectivity index is 5.24. The third-order valence-corrected chi connectivity index (χ3v) is 18.1. The molecule has 0 saturated carbocycles. The fourth-order valence-corrected chi connectivity index (χ4v) is 11.8. The summed E-state index contributed by atoms with van der Waals surface area (Å²) < 4.78 is 68.1. The second-order valence-corrected chi connectivity index (χ2v) is 28.6. The van der Waals surface area contributed by atoms with Crippen LogP contribution in [0.25, 0.3) is 0 Å². The molecule has 0 saturated heterocycles. The van der Waals surface area contributed by atoms with Crippen LogP contribution in [0.4, 0.5) is 0 Å². The van der Waals surface area contributed by atoms with Gasteiger partial charge in [-0.15, -0.1) is 0 Å². The van der Waals surface area contributed by atoms with Gasteiger partial charge in [-0.05, 0) is 63.2 Å². The highest BCUT2D eigenvalue weighted by molar-refractivity contribution is 7.47. The minimum Gasteiger partial charge on any atom is -0.462 e. The highest BCUT2D eigenvalue weighted by Gasteiger charge is 2.30. The number of rotatable bonds is 68. The number of aliphatic hydroxyl groups excluding tert-OH is 1. The predicted molar refractivity (Wildman–Crippen MR) is 363 cm³/mol. The van der Waals surface area contributed by atoms with Crippen molar-refractivity contribution in [1.82, 2.24) is 0 Å². The summed E-state index contributed by atoms with van der Waals surface area (Å²) in [5.41, 5.74) is 0. The highest BCUT2D eigenvalue weighted by atomic mass is 31.2. The largest absolute Gasteiger partial charge is 0.472 e. The normalized spacial score (nSPS) is 14.6. The lowest BCUT2D eigenvalue weighted by Crippen LogP contribution is -2.30. The van der Waals surface area contributed by atoms with Gasteiger partial charge in [-0.3, -0.25) is 37.3 Å². The maximum Gasteiger partial charge on any atom is 0.472 e. The summed E-state index contributed by atoms with van der Waals surface area (Å²) in [7, 11) is -9.91. The molecule has 0 fully saturated rings. The first-order valence-electron chi connectivity index (χ1n) is 36.3. The van der Waals surface area contributed by atoms with E-state index in [9.17, 15) is 43.2 Å². The topological polar surface area (TPSA) is 237 Å². The number of phosphoric ester groups is 2. The molecule has 0 aliphatic heterocycles. The van der Waals surface area contributed by atoms with Crippen molar-refractivity contribution in [1.29, 1.82) is 0 Å². The molecule has 0 spiro atoms. The van der Waals surface area contributed by atoms with Crippen LogP contribution in [-0.4, -0.2) is 96.7 Å². The molecule has 0 aliphatic rings. The number of hydrogen-bond acceptors (Lipinski definition) is 15. The predicted octanol–water partition coefficient (Wildman–Crippen LogP) is 19.9. The molecule has 0 radical (unpaired) electrons. The van der Waals surface area contributed by atoms with Crippen molar-refractivity contribution < 1.29 is 80.2 Å². The number of aliphatic hydroxyl groups is 1. The molecule has 530 valence electrons. The van der Waals surface area contributed by atoms with Crippen LogP contribution in [0.3, 0.4) is 0 Å². The van der Waals surface area contributed by atoms with Crippen molar-refractivity contribution in [2.24, 2.45) is 11.8 Å². The number of hydrogen-bond donors (Lipinski definition) is 3. The smallest absolute Gasteiger partial charge is 0.462 e. The summed E-state index contributed by atoms with van der Waals surface area (Å²) in [5.74, 6) is -0.649. The fraction of sp³-hybridized carbons (Fsp3) is 0.887. The minimum absolute atomic E-state index is 0.0996. The zero-order chi connectivity index (χ0) is 66.5. The average molecular weight is 1320 g/mol. The van der Waals surface area contributed by atoms with Crippen molar-refractivity contribution in [2.75, 3.05) is 39.6 Å². The molecule has 0 aromatic carbocycles. The molecule has 0 rings (SSSR count). The SMILES string of the molecule is CCCCCC/C=C\C=C/CCCCCCCC(=O)OC[C@H](COP(=O)(O)OC[C@@H](O)COP(=O)(O)OC[C@@H](COC(=O)CCCCCCCCCC)OC(=O)CCCCCCCCC(C)C)OC(=O)CCCCCCCCCCCCCCCCC(C)CC. The lowest BCUT2D eigenvalue weighted by molar-refractivity contribution is -0.161. The number of ether oxygens (including phenoxy) is 4. The maximum absolute atomic E-state index is 13.0. The average Bonchev–Trinajstić information content (AvgIpc) is 3.02. The Labute approximate surface area is 548 Å². The Hall–Kier alpha value is -2.46. The Morgan fingerprint density at radius 1 is 0.367 bits per heavy atom. The lowest BCUT2D eigenvalue weighted by atomic mass is 9.99. The summed E-state index contributed by atoms with van der Waals surface area (Å²) in [6.45, 7) is 9.42. The number of phosphoric acid groups is 2. The van der Waals surface area contributed by atoms with Crippen LogP contribution in [0.2, 0.25) is 0 Å². The van der Waals surface area contributed by atoms with E-state index in [2.05, 4.69) is 65.8 Å². The van der Waals surface area contributed by atoms with Gasteiger partial charge in [-0.2, -0.15) is 0 Å². The van der Waals surface area contributed by atoms with E-state index < -0.39 is 97.5 Å².